The number of fused-ring (bicyclic) bond motifs is 1. The molecule has 3 nitrogen and oxygen atoms in total. The Morgan fingerprint density at radius 2 is 1.94 bits per heavy atom. The number of imidazole rings is 1. The summed E-state index contributed by atoms with van der Waals surface area (Å²) < 4.78 is 2.02. The molecule has 2 heterocycles. The molecule has 0 fully saturated rings. The first-order valence-corrected chi connectivity index (χ1v) is 6.16. The van der Waals surface area contributed by atoms with Crippen LogP contribution < -0.4 is 0 Å². The maximum atomic E-state index is 6.50. The normalized spacial score (nSPS) is 12.8. The molecule has 0 N–H and O–H groups in total. The van der Waals surface area contributed by atoms with E-state index in [1.165, 1.54) is 0 Å². The molecule has 0 amide bonds. The monoisotopic (exact) mass is 257 g/mol. The Labute approximate surface area is 110 Å². The minimum atomic E-state index is -0.247. The van der Waals surface area contributed by atoms with Gasteiger partial charge >= 0.3 is 0 Å². The molecule has 0 aliphatic rings. The molecule has 3 rings (SSSR count). The van der Waals surface area contributed by atoms with E-state index in [0.717, 1.165) is 22.4 Å². The molecule has 0 aliphatic heterocycles. The Kier molecular flexibility index (Phi) is 2.76. The number of aryl methyl sites for hydroxylation is 1. The smallest absolute Gasteiger partial charge is 0.132 e. The van der Waals surface area contributed by atoms with Crippen LogP contribution in [0.1, 0.15) is 16.8 Å². The van der Waals surface area contributed by atoms with E-state index in [2.05, 4.69) is 9.97 Å². The number of hydrogen-bond donors (Lipinski definition) is 0. The highest BCUT2D eigenvalue weighted by molar-refractivity contribution is 6.22. The van der Waals surface area contributed by atoms with Crippen LogP contribution in [0.5, 0.6) is 0 Å². The standard InChI is InChI=1S/C14H12ClN3/c1-18-12-7-8-16-9-11(12)17-14(18)13(15)10-5-3-2-4-6-10/h2-9,13H,1H3. The highest BCUT2D eigenvalue weighted by atomic mass is 35.5. The Bertz CT molecular complexity index is 676. The quantitative estimate of drug-likeness (QED) is 0.660. The van der Waals surface area contributed by atoms with Crippen LogP contribution in [-0.4, -0.2) is 14.5 Å². The van der Waals surface area contributed by atoms with Crippen LogP contribution in [-0.2, 0) is 7.05 Å². The van der Waals surface area contributed by atoms with Crippen molar-refractivity contribution in [3.8, 4) is 0 Å². The first kappa shape index (κ1) is 11.2. The summed E-state index contributed by atoms with van der Waals surface area (Å²) in [6.45, 7) is 0. The summed E-state index contributed by atoms with van der Waals surface area (Å²) in [7, 11) is 1.98. The molecular formula is C14H12ClN3. The predicted molar refractivity (Wildman–Crippen MR) is 72.6 cm³/mol. The zero-order chi connectivity index (χ0) is 12.5. The molecule has 0 spiro atoms. The maximum absolute atomic E-state index is 6.50. The van der Waals surface area contributed by atoms with E-state index in [0.29, 0.717) is 0 Å². The fourth-order valence-corrected chi connectivity index (χ4v) is 2.41. The lowest BCUT2D eigenvalue weighted by molar-refractivity contribution is 0.830. The summed E-state index contributed by atoms with van der Waals surface area (Å²) in [5.41, 5.74) is 2.96. The van der Waals surface area contributed by atoms with Crippen molar-refractivity contribution < 1.29 is 0 Å². The second-order valence-corrected chi connectivity index (χ2v) is 4.60. The van der Waals surface area contributed by atoms with Crippen molar-refractivity contribution in [2.45, 2.75) is 5.38 Å². The third-order valence-electron chi connectivity index (χ3n) is 3.04. The van der Waals surface area contributed by atoms with Gasteiger partial charge in [0.15, 0.2) is 0 Å². The van der Waals surface area contributed by atoms with Gasteiger partial charge in [0.25, 0.3) is 0 Å². The molecule has 2 aromatic heterocycles. The maximum Gasteiger partial charge on any atom is 0.132 e. The topological polar surface area (TPSA) is 30.7 Å². The van der Waals surface area contributed by atoms with Gasteiger partial charge in [0.2, 0.25) is 0 Å². The SMILES string of the molecule is Cn1c(C(Cl)c2ccccc2)nc2cnccc21. The lowest BCUT2D eigenvalue weighted by atomic mass is 10.1. The van der Waals surface area contributed by atoms with Gasteiger partial charge in [-0.15, -0.1) is 11.6 Å². The molecule has 4 heteroatoms. The van der Waals surface area contributed by atoms with E-state index in [4.69, 9.17) is 11.6 Å². The minimum absolute atomic E-state index is 0.247. The number of aromatic nitrogens is 3. The van der Waals surface area contributed by atoms with Gasteiger partial charge in [-0.25, -0.2) is 4.98 Å². The van der Waals surface area contributed by atoms with Crippen LogP contribution in [0.25, 0.3) is 11.0 Å². The predicted octanol–water partition coefficient (Wildman–Crippen LogP) is 3.30. The first-order chi connectivity index (χ1) is 8.77. The minimum Gasteiger partial charge on any atom is -0.329 e. The summed E-state index contributed by atoms with van der Waals surface area (Å²) in [4.78, 5) is 8.64. The van der Waals surface area contributed by atoms with Crippen LogP contribution in [0.3, 0.4) is 0 Å². The van der Waals surface area contributed by atoms with Gasteiger partial charge in [-0.3, -0.25) is 4.98 Å². The fourth-order valence-electron chi connectivity index (χ4n) is 2.07. The van der Waals surface area contributed by atoms with Crippen molar-refractivity contribution in [3.05, 3.63) is 60.2 Å². The Balaban J connectivity index is 2.12. The number of halogens is 1. The van der Waals surface area contributed by atoms with Crippen LogP contribution in [0.2, 0.25) is 0 Å². The Morgan fingerprint density at radius 1 is 1.17 bits per heavy atom. The third kappa shape index (κ3) is 1.77. The molecule has 0 saturated heterocycles. The molecular weight excluding hydrogens is 246 g/mol. The summed E-state index contributed by atoms with van der Waals surface area (Å²) in [5, 5.41) is -0.247. The van der Waals surface area contributed by atoms with Gasteiger partial charge in [-0.2, -0.15) is 0 Å². The summed E-state index contributed by atoms with van der Waals surface area (Å²) in [6.07, 6.45) is 3.52. The fraction of sp³-hybridized carbons (Fsp3) is 0.143. The summed E-state index contributed by atoms with van der Waals surface area (Å²) in [6, 6.07) is 11.9. The van der Waals surface area contributed by atoms with Crippen molar-refractivity contribution in [2.75, 3.05) is 0 Å². The number of nitrogens with zero attached hydrogens (tertiary/aromatic N) is 3. The van der Waals surface area contributed by atoms with Gasteiger partial charge < -0.3 is 4.57 Å². The second kappa shape index (κ2) is 4.42. The molecule has 0 bridgehead atoms. The molecule has 3 aromatic rings. The third-order valence-corrected chi connectivity index (χ3v) is 3.48. The molecule has 1 unspecified atom stereocenters. The number of rotatable bonds is 2. The van der Waals surface area contributed by atoms with Gasteiger partial charge in [0.05, 0.1) is 11.7 Å². The number of benzene rings is 1. The summed E-state index contributed by atoms with van der Waals surface area (Å²) in [5.74, 6) is 0.839. The molecule has 1 atom stereocenters. The summed E-state index contributed by atoms with van der Waals surface area (Å²) >= 11 is 6.50. The largest absolute Gasteiger partial charge is 0.329 e. The van der Waals surface area contributed by atoms with Gasteiger partial charge in [0.1, 0.15) is 16.7 Å². The van der Waals surface area contributed by atoms with E-state index >= 15 is 0 Å². The van der Waals surface area contributed by atoms with Crippen molar-refractivity contribution in [3.63, 3.8) is 0 Å². The molecule has 0 saturated carbocycles. The number of pyridine rings is 1. The highest BCUT2D eigenvalue weighted by Crippen LogP contribution is 2.29. The van der Waals surface area contributed by atoms with Crippen LogP contribution >= 0.6 is 11.6 Å². The van der Waals surface area contributed by atoms with E-state index in [-0.39, 0.29) is 5.38 Å². The number of hydrogen-bond acceptors (Lipinski definition) is 2. The molecule has 18 heavy (non-hydrogen) atoms. The average molecular weight is 258 g/mol. The number of alkyl halides is 1. The average Bonchev–Trinajstić information content (AvgIpc) is 2.77. The molecule has 0 aliphatic carbocycles. The lowest BCUT2D eigenvalue weighted by Crippen LogP contribution is -2.02. The van der Waals surface area contributed by atoms with Gasteiger partial charge in [-0.05, 0) is 11.6 Å². The van der Waals surface area contributed by atoms with Crippen molar-refractivity contribution >= 4 is 22.6 Å². The molecule has 90 valence electrons. The van der Waals surface area contributed by atoms with Gasteiger partial charge in [-0.1, -0.05) is 30.3 Å². The molecule has 0 radical (unpaired) electrons. The van der Waals surface area contributed by atoms with Crippen molar-refractivity contribution in [1.82, 2.24) is 14.5 Å². The van der Waals surface area contributed by atoms with Crippen LogP contribution in [0.4, 0.5) is 0 Å². The Hall–Kier alpha value is -1.87. The van der Waals surface area contributed by atoms with Crippen LogP contribution in [0, 0.1) is 0 Å². The Morgan fingerprint density at radius 3 is 2.67 bits per heavy atom. The zero-order valence-corrected chi connectivity index (χ0v) is 10.7. The van der Waals surface area contributed by atoms with Crippen LogP contribution in [0.15, 0.2) is 48.8 Å². The van der Waals surface area contributed by atoms with E-state index in [1.54, 1.807) is 12.4 Å². The first-order valence-electron chi connectivity index (χ1n) is 5.72. The zero-order valence-electron chi connectivity index (χ0n) is 9.92. The van der Waals surface area contributed by atoms with Crippen molar-refractivity contribution in [1.29, 1.82) is 0 Å². The second-order valence-electron chi connectivity index (χ2n) is 4.17. The van der Waals surface area contributed by atoms with E-state index in [9.17, 15) is 0 Å². The van der Waals surface area contributed by atoms with E-state index in [1.807, 2.05) is 48.0 Å². The van der Waals surface area contributed by atoms with Crippen molar-refractivity contribution in [2.24, 2.45) is 7.05 Å². The molecule has 1 aromatic carbocycles. The highest BCUT2D eigenvalue weighted by Gasteiger charge is 2.17. The van der Waals surface area contributed by atoms with E-state index < -0.39 is 0 Å². The van der Waals surface area contributed by atoms with Gasteiger partial charge in [0, 0.05) is 13.2 Å². The lowest BCUT2D eigenvalue weighted by Gasteiger charge is -2.09.